The predicted molar refractivity (Wildman–Crippen MR) is 87.3 cm³/mol. The van der Waals surface area contributed by atoms with Gasteiger partial charge in [0.05, 0.1) is 5.69 Å². The highest BCUT2D eigenvalue weighted by Crippen LogP contribution is 2.39. The van der Waals surface area contributed by atoms with Gasteiger partial charge < -0.3 is 5.73 Å². The predicted octanol–water partition coefficient (Wildman–Crippen LogP) is 2.58. The van der Waals surface area contributed by atoms with E-state index in [0.29, 0.717) is 0 Å². The summed E-state index contributed by atoms with van der Waals surface area (Å²) in [4.78, 5) is 0. The van der Waals surface area contributed by atoms with Crippen LogP contribution in [0.2, 0.25) is 0 Å². The molecular weight excluding hydrogens is 266 g/mol. The molecule has 0 bridgehead atoms. The van der Waals surface area contributed by atoms with Gasteiger partial charge in [0.1, 0.15) is 0 Å². The lowest BCUT2D eigenvalue weighted by Crippen LogP contribution is -2.42. The van der Waals surface area contributed by atoms with Gasteiger partial charge in [-0.3, -0.25) is 5.01 Å². The van der Waals surface area contributed by atoms with Gasteiger partial charge in [-0.2, -0.15) is 0 Å². The van der Waals surface area contributed by atoms with E-state index in [9.17, 15) is 0 Å². The summed E-state index contributed by atoms with van der Waals surface area (Å²) in [6, 6.07) is 14.2. The number of nitrogens with zero attached hydrogens (tertiary/aromatic N) is 1. The molecule has 0 amide bonds. The van der Waals surface area contributed by atoms with E-state index >= 15 is 0 Å². The fourth-order valence-electron chi connectivity index (χ4n) is 2.71. The highest BCUT2D eigenvalue weighted by atomic mass is 32.1. The van der Waals surface area contributed by atoms with Crippen molar-refractivity contribution >= 4 is 28.6 Å². The molecule has 20 heavy (non-hydrogen) atoms. The average Bonchev–Trinajstić information content (AvgIpc) is 2.46. The van der Waals surface area contributed by atoms with E-state index in [-0.39, 0.29) is 5.11 Å². The second-order valence-electron chi connectivity index (χ2n) is 4.83. The lowest BCUT2D eigenvalue weighted by atomic mass is 9.82. The molecule has 0 heterocycles. The molecule has 4 N–H and O–H groups in total. The van der Waals surface area contributed by atoms with Crippen molar-refractivity contribution in [2.45, 2.75) is 6.42 Å². The maximum Gasteiger partial charge on any atom is 0.185 e. The molecule has 2 aromatic carbocycles. The molecule has 1 aliphatic carbocycles. The summed E-state index contributed by atoms with van der Waals surface area (Å²) >= 11 is 4.97. The van der Waals surface area contributed by atoms with E-state index in [1.165, 1.54) is 16.1 Å². The van der Waals surface area contributed by atoms with E-state index < -0.39 is 0 Å². The summed E-state index contributed by atoms with van der Waals surface area (Å²) in [5.74, 6) is 5.97. The minimum Gasteiger partial charge on any atom is -0.375 e. The van der Waals surface area contributed by atoms with Crippen LogP contribution in [0.15, 0.2) is 49.0 Å². The smallest absolute Gasteiger partial charge is 0.185 e. The van der Waals surface area contributed by atoms with Crippen molar-refractivity contribution in [1.29, 1.82) is 0 Å². The molecular formula is C16H15N3S. The Labute approximate surface area is 123 Å². The summed E-state index contributed by atoms with van der Waals surface area (Å²) in [6.45, 7) is 4.23. The highest BCUT2D eigenvalue weighted by molar-refractivity contribution is 7.80. The van der Waals surface area contributed by atoms with Crippen LogP contribution in [0.25, 0.3) is 5.57 Å². The van der Waals surface area contributed by atoms with Gasteiger partial charge in [-0.1, -0.05) is 43.0 Å². The first-order valence-electron chi connectivity index (χ1n) is 6.33. The number of rotatable bonds is 1. The Hall–Kier alpha value is -2.17. The molecule has 3 nitrogen and oxygen atoms in total. The molecule has 100 valence electrons. The standard InChI is InChI=1S/C16H15N3S/c1-10-13-7-3-2-5-11(13)9-12-6-4-8-14(15(10)12)19(18)16(17)20/h2-8H,1,9,18H2,(H2,17,20). The molecule has 0 aromatic heterocycles. The van der Waals surface area contributed by atoms with Crippen LogP contribution in [0.3, 0.4) is 0 Å². The third-order valence-electron chi connectivity index (χ3n) is 3.65. The quantitative estimate of drug-likeness (QED) is 0.409. The second-order valence-corrected chi connectivity index (χ2v) is 5.25. The molecule has 0 saturated carbocycles. The highest BCUT2D eigenvalue weighted by Gasteiger charge is 2.23. The molecule has 1 aliphatic rings. The van der Waals surface area contributed by atoms with Gasteiger partial charge in [-0.05, 0) is 47.0 Å². The Morgan fingerprint density at radius 1 is 1.10 bits per heavy atom. The van der Waals surface area contributed by atoms with Crippen molar-refractivity contribution in [2.24, 2.45) is 11.6 Å². The van der Waals surface area contributed by atoms with E-state index in [2.05, 4.69) is 24.8 Å². The molecule has 0 aliphatic heterocycles. The zero-order chi connectivity index (χ0) is 14.3. The van der Waals surface area contributed by atoms with Crippen molar-refractivity contribution in [2.75, 3.05) is 5.01 Å². The minimum atomic E-state index is 0.144. The van der Waals surface area contributed by atoms with Crippen LogP contribution in [-0.4, -0.2) is 5.11 Å². The van der Waals surface area contributed by atoms with Gasteiger partial charge in [0.15, 0.2) is 5.11 Å². The molecule has 3 rings (SSSR count). The fraction of sp³-hybridized carbons (Fsp3) is 0.0625. The summed E-state index contributed by atoms with van der Waals surface area (Å²) in [7, 11) is 0. The average molecular weight is 281 g/mol. The summed E-state index contributed by atoms with van der Waals surface area (Å²) in [5.41, 5.74) is 12.1. The Bertz CT molecular complexity index is 721. The van der Waals surface area contributed by atoms with Crippen molar-refractivity contribution in [3.8, 4) is 0 Å². The van der Waals surface area contributed by atoms with Crippen LogP contribution >= 0.6 is 12.2 Å². The van der Waals surface area contributed by atoms with Crippen LogP contribution in [-0.2, 0) is 6.42 Å². The first-order chi connectivity index (χ1) is 9.59. The van der Waals surface area contributed by atoms with Crippen molar-refractivity contribution in [3.63, 3.8) is 0 Å². The normalized spacial score (nSPS) is 12.6. The molecule has 0 spiro atoms. The second kappa shape index (κ2) is 4.74. The number of anilines is 1. The van der Waals surface area contributed by atoms with Crippen LogP contribution < -0.4 is 16.6 Å². The lowest BCUT2D eigenvalue weighted by Gasteiger charge is -2.27. The Morgan fingerprint density at radius 3 is 2.55 bits per heavy atom. The number of nitrogens with two attached hydrogens (primary N) is 2. The number of hydrazine groups is 1. The van der Waals surface area contributed by atoms with E-state index in [1.54, 1.807) is 0 Å². The monoisotopic (exact) mass is 281 g/mol. The maximum absolute atomic E-state index is 5.97. The number of fused-ring (bicyclic) bond motifs is 2. The Balaban J connectivity index is 2.19. The molecule has 4 heteroatoms. The number of hydrogen-bond donors (Lipinski definition) is 2. The molecule has 0 radical (unpaired) electrons. The van der Waals surface area contributed by atoms with Crippen LogP contribution in [0.5, 0.6) is 0 Å². The number of benzene rings is 2. The van der Waals surface area contributed by atoms with Crippen molar-refractivity contribution < 1.29 is 0 Å². The van der Waals surface area contributed by atoms with Gasteiger partial charge in [0, 0.05) is 5.56 Å². The van der Waals surface area contributed by atoms with Crippen molar-refractivity contribution in [3.05, 3.63) is 71.3 Å². The number of hydrogen-bond acceptors (Lipinski definition) is 2. The first kappa shape index (κ1) is 12.8. The van der Waals surface area contributed by atoms with Gasteiger partial charge in [-0.15, -0.1) is 0 Å². The van der Waals surface area contributed by atoms with Crippen LogP contribution in [0, 0.1) is 0 Å². The fourth-order valence-corrected chi connectivity index (χ4v) is 2.81. The molecule has 0 fully saturated rings. The summed E-state index contributed by atoms with van der Waals surface area (Å²) < 4.78 is 0. The molecule has 2 aromatic rings. The van der Waals surface area contributed by atoms with Gasteiger partial charge in [-0.25, -0.2) is 5.84 Å². The third-order valence-corrected chi connectivity index (χ3v) is 3.85. The first-order valence-corrected chi connectivity index (χ1v) is 6.74. The van der Waals surface area contributed by atoms with Crippen molar-refractivity contribution in [1.82, 2.24) is 0 Å². The molecule has 0 atom stereocenters. The maximum atomic E-state index is 5.97. The third kappa shape index (κ3) is 1.90. The van der Waals surface area contributed by atoms with Crippen LogP contribution in [0.4, 0.5) is 5.69 Å². The molecule has 0 unspecified atom stereocenters. The van der Waals surface area contributed by atoms with E-state index in [1.807, 2.05) is 24.3 Å². The SMILES string of the molecule is C=C1c2ccccc2Cc2cccc(N(N)C(N)=S)c21. The van der Waals surface area contributed by atoms with E-state index in [0.717, 1.165) is 28.8 Å². The minimum absolute atomic E-state index is 0.144. The lowest BCUT2D eigenvalue weighted by molar-refractivity contribution is 1.09. The largest absolute Gasteiger partial charge is 0.375 e. The van der Waals surface area contributed by atoms with Crippen LogP contribution in [0.1, 0.15) is 22.3 Å². The Morgan fingerprint density at radius 2 is 1.80 bits per heavy atom. The summed E-state index contributed by atoms with van der Waals surface area (Å²) in [5, 5.41) is 1.48. The van der Waals surface area contributed by atoms with Gasteiger partial charge >= 0.3 is 0 Å². The summed E-state index contributed by atoms with van der Waals surface area (Å²) in [6.07, 6.45) is 0.865. The zero-order valence-corrected chi connectivity index (χ0v) is 11.8. The zero-order valence-electron chi connectivity index (χ0n) is 11.0. The molecule has 0 saturated heterocycles. The number of thiocarbonyl (C=S) groups is 1. The Kier molecular flexibility index (Phi) is 3.04. The van der Waals surface area contributed by atoms with Gasteiger partial charge in [0.2, 0.25) is 0 Å². The topological polar surface area (TPSA) is 55.3 Å². The van der Waals surface area contributed by atoms with E-state index in [4.69, 9.17) is 23.8 Å². The van der Waals surface area contributed by atoms with Gasteiger partial charge in [0.25, 0.3) is 0 Å².